The van der Waals surface area contributed by atoms with Crippen LogP contribution in [0, 0.1) is 5.41 Å². The molecule has 6 nitrogen and oxygen atoms in total. The van der Waals surface area contributed by atoms with Crippen LogP contribution in [0.5, 0.6) is 11.5 Å². The molecule has 0 aliphatic rings. The Morgan fingerprint density at radius 1 is 1.25 bits per heavy atom. The maximum absolute atomic E-state index is 11.2. The summed E-state index contributed by atoms with van der Waals surface area (Å²) in [6, 6.07) is 7.06. The number of carbonyl (C=O) groups is 2. The number of primary amides is 1. The van der Waals surface area contributed by atoms with E-state index in [0.717, 1.165) is 0 Å². The van der Waals surface area contributed by atoms with Crippen molar-refractivity contribution in [2.24, 2.45) is 11.1 Å². The standard InChI is InChI=1S/C14H19NO5/c1-3-19-10-6-4-5-7-11(10)20-9-8-14(2,12(15)16)13(17)18/h4-7H,3,8-9H2,1-2H3,(H2,15,16)(H,17,18). The van der Waals surface area contributed by atoms with E-state index in [2.05, 4.69) is 0 Å². The van der Waals surface area contributed by atoms with Crippen LogP contribution in [0.3, 0.4) is 0 Å². The third-order valence-corrected chi connectivity index (χ3v) is 3.02. The minimum Gasteiger partial charge on any atom is -0.490 e. The SMILES string of the molecule is CCOc1ccccc1OCCC(C)(C(N)=O)C(=O)O. The summed E-state index contributed by atoms with van der Waals surface area (Å²) in [4.78, 5) is 22.3. The fourth-order valence-corrected chi connectivity index (χ4v) is 1.54. The number of carbonyl (C=O) groups excluding carboxylic acids is 1. The van der Waals surface area contributed by atoms with Gasteiger partial charge in [-0.1, -0.05) is 12.1 Å². The lowest BCUT2D eigenvalue weighted by Crippen LogP contribution is -2.42. The van der Waals surface area contributed by atoms with E-state index in [9.17, 15) is 9.59 Å². The third-order valence-electron chi connectivity index (χ3n) is 3.02. The first-order chi connectivity index (χ1) is 9.41. The molecule has 1 rings (SSSR count). The average Bonchev–Trinajstić information content (AvgIpc) is 2.40. The van der Waals surface area contributed by atoms with Crippen LogP contribution in [0.2, 0.25) is 0 Å². The molecule has 110 valence electrons. The number of rotatable bonds is 8. The number of amides is 1. The highest BCUT2D eigenvalue weighted by atomic mass is 16.5. The van der Waals surface area contributed by atoms with Gasteiger partial charge < -0.3 is 20.3 Å². The van der Waals surface area contributed by atoms with E-state index in [1.807, 2.05) is 13.0 Å². The summed E-state index contributed by atoms with van der Waals surface area (Å²) in [6.45, 7) is 3.69. The second-order valence-electron chi connectivity index (χ2n) is 4.48. The van der Waals surface area contributed by atoms with Crippen molar-refractivity contribution in [3.05, 3.63) is 24.3 Å². The molecule has 1 aromatic carbocycles. The minimum atomic E-state index is -1.64. The number of benzene rings is 1. The van der Waals surface area contributed by atoms with Crippen LogP contribution in [0.1, 0.15) is 20.3 Å². The van der Waals surface area contributed by atoms with Crippen LogP contribution in [-0.2, 0) is 9.59 Å². The van der Waals surface area contributed by atoms with Gasteiger partial charge in [0.05, 0.1) is 13.2 Å². The lowest BCUT2D eigenvalue weighted by molar-refractivity contribution is -0.154. The summed E-state index contributed by atoms with van der Waals surface area (Å²) in [6.07, 6.45) is -0.0157. The Morgan fingerprint density at radius 3 is 2.25 bits per heavy atom. The quantitative estimate of drug-likeness (QED) is 0.702. The molecule has 6 heteroatoms. The molecule has 1 amide bonds. The molecular formula is C14H19NO5. The van der Waals surface area contributed by atoms with Gasteiger partial charge in [-0.25, -0.2) is 0 Å². The predicted octanol–water partition coefficient (Wildman–Crippen LogP) is 1.43. The second kappa shape index (κ2) is 6.79. The zero-order valence-electron chi connectivity index (χ0n) is 11.6. The van der Waals surface area contributed by atoms with Crippen molar-refractivity contribution in [2.45, 2.75) is 20.3 Å². The molecule has 0 saturated carbocycles. The number of hydrogen-bond donors (Lipinski definition) is 2. The summed E-state index contributed by atoms with van der Waals surface area (Å²) < 4.78 is 10.9. The smallest absolute Gasteiger partial charge is 0.319 e. The molecule has 1 atom stereocenters. The van der Waals surface area contributed by atoms with E-state index in [1.165, 1.54) is 6.92 Å². The Balaban J connectivity index is 2.68. The van der Waals surface area contributed by atoms with Crippen LogP contribution < -0.4 is 15.2 Å². The highest BCUT2D eigenvalue weighted by Gasteiger charge is 2.39. The van der Waals surface area contributed by atoms with Crippen molar-refractivity contribution in [2.75, 3.05) is 13.2 Å². The third kappa shape index (κ3) is 3.63. The van der Waals surface area contributed by atoms with E-state index in [1.54, 1.807) is 18.2 Å². The van der Waals surface area contributed by atoms with Gasteiger partial charge in [0.1, 0.15) is 5.41 Å². The second-order valence-corrected chi connectivity index (χ2v) is 4.48. The Morgan fingerprint density at radius 2 is 1.80 bits per heavy atom. The average molecular weight is 281 g/mol. The number of aliphatic carboxylic acids is 1. The van der Waals surface area contributed by atoms with Crippen molar-refractivity contribution in [1.29, 1.82) is 0 Å². The molecule has 20 heavy (non-hydrogen) atoms. The van der Waals surface area contributed by atoms with Crippen molar-refractivity contribution >= 4 is 11.9 Å². The highest BCUT2D eigenvalue weighted by molar-refractivity contribution is 6.00. The van der Waals surface area contributed by atoms with Gasteiger partial charge >= 0.3 is 5.97 Å². The van der Waals surface area contributed by atoms with Crippen LogP contribution in [-0.4, -0.2) is 30.2 Å². The Labute approximate surface area is 117 Å². The molecule has 3 N–H and O–H groups in total. The van der Waals surface area contributed by atoms with Crippen LogP contribution in [0.4, 0.5) is 0 Å². The van der Waals surface area contributed by atoms with Gasteiger partial charge in [-0.05, 0) is 26.0 Å². The van der Waals surface area contributed by atoms with Gasteiger partial charge in [-0.15, -0.1) is 0 Å². The molecular weight excluding hydrogens is 262 g/mol. The van der Waals surface area contributed by atoms with Gasteiger partial charge in [0.2, 0.25) is 5.91 Å². The summed E-state index contributed by atoms with van der Waals surface area (Å²) >= 11 is 0. The maximum atomic E-state index is 11.2. The van der Waals surface area contributed by atoms with Gasteiger partial charge in [-0.2, -0.15) is 0 Å². The summed E-state index contributed by atoms with van der Waals surface area (Å²) in [5.41, 5.74) is 3.49. The number of carboxylic acids is 1. The molecule has 0 saturated heterocycles. The Hall–Kier alpha value is -2.24. The van der Waals surface area contributed by atoms with Gasteiger partial charge in [0.15, 0.2) is 11.5 Å². The number of nitrogens with two attached hydrogens (primary N) is 1. The van der Waals surface area contributed by atoms with E-state index in [0.29, 0.717) is 18.1 Å². The molecule has 1 aromatic rings. The van der Waals surface area contributed by atoms with Crippen molar-refractivity contribution in [3.63, 3.8) is 0 Å². The number of para-hydroxylation sites is 2. The van der Waals surface area contributed by atoms with Crippen molar-refractivity contribution in [3.8, 4) is 11.5 Å². The van der Waals surface area contributed by atoms with Crippen LogP contribution in [0.25, 0.3) is 0 Å². The lowest BCUT2D eigenvalue weighted by Gasteiger charge is -2.21. The topological polar surface area (TPSA) is 98.9 Å². The Bertz CT molecular complexity index is 472. The molecule has 0 fully saturated rings. The van der Waals surface area contributed by atoms with Crippen LogP contribution >= 0.6 is 0 Å². The molecule has 0 aliphatic carbocycles. The minimum absolute atomic E-state index is 0.0157. The first-order valence-electron chi connectivity index (χ1n) is 6.29. The molecule has 0 bridgehead atoms. The molecule has 0 aromatic heterocycles. The van der Waals surface area contributed by atoms with Gasteiger partial charge in [-0.3, -0.25) is 9.59 Å². The highest BCUT2D eigenvalue weighted by Crippen LogP contribution is 2.28. The first-order valence-corrected chi connectivity index (χ1v) is 6.29. The molecule has 0 radical (unpaired) electrons. The lowest BCUT2D eigenvalue weighted by atomic mass is 9.86. The first kappa shape index (κ1) is 15.8. The molecule has 1 unspecified atom stereocenters. The maximum Gasteiger partial charge on any atom is 0.319 e. The fourth-order valence-electron chi connectivity index (χ4n) is 1.54. The van der Waals surface area contributed by atoms with Crippen LogP contribution in [0.15, 0.2) is 24.3 Å². The van der Waals surface area contributed by atoms with E-state index < -0.39 is 17.3 Å². The van der Waals surface area contributed by atoms with E-state index >= 15 is 0 Å². The molecule has 0 heterocycles. The monoisotopic (exact) mass is 281 g/mol. The largest absolute Gasteiger partial charge is 0.490 e. The zero-order valence-corrected chi connectivity index (χ0v) is 11.6. The van der Waals surface area contributed by atoms with E-state index in [-0.39, 0.29) is 13.0 Å². The number of carboxylic acid groups (broad SMARTS) is 1. The van der Waals surface area contributed by atoms with Crippen molar-refractivity contribution < 1.29 is 24.2 Å². The van der Waals surface area contributed by atoms with Gasteiger partial charge in [0, 0.05) is 6.42 Å². The molecule has 0 spiro atoms. The number of hydrogen-bond acceptors (Lipinski definition) is 4. The zero-order chi connectivity index (χ0) is 15.2. The fraction of sp³-hybridized carbons (Fsp3) is 0.429. The van der Waals surface area contributed by atoms with E-state index in [4.69, 9.17) is 20.3 Å². The van der Waals surface area contributed by atoms with Crippen molar-refractivity contribution in [1.82, 2.24) is 0 Å². The summed E-state index contributed by atoms with van der Waals surface area (Å²) in [7, 11) is 0. The van der Waals surface area contributed by atoms with Gasteiger partial charge in [0.25, 0.3) is 0 Å². The Kier molecular flexibility index (Phi) is 5.37. The number of ether oxygens (including phenoxy) is 2. The normalized spacial score (nSPS) is 13.3. The molecule has 0 aliphatic heterocycles. The summed E-state index contributed by atoms with van der Waals surface area (Å²) in [5, 5.41) is 9.06. The summed E-state index contributed by atoms with van der Waals surface area (Å²) in [5.74, 6) is -1.06. The predicted molar refractivity (Wildman–Crippen MR) is 72.7 cm³/mol.